The second-order valence-electron chi connectivity index (χ2n) is 3.49. The zero-order valence-corrected chi connectivity index (χ0v) is 8.72. The molecule has 2 N–H and O–H groups in total. The summed E-state index contributed by atoms with van der Waals surface area (Å²) in [6, 6.07) is 1.33. The van der Waals surface area contributed by atoms with Gasteiger partial charge in [0.15, 0.2) is 23.3 Å². The zero-order valence-electron chi connectivity index (χ0n) is 8.72. The molecule has 0 saturated heterocycles. The average molecular weight is 263 g/mol. The summed E-state index contributed by atoms with van der Waals surface area (Å²) in [7, 11) is 0. The molecular weight excluding hydrogens is 257 g/mol. The highest BCUT2D eigenvalue weighted by Crippen LogP contribution is 2.23. The van der Waals surface area contributed by atoms with Crippen LogP contribution in [0, 0.1) is 29.1 Å². The van der Waals surface area contributed by atoms with Crippen LogP contribution in [0.15, 0.2) is 12.3 Å². The smallest absolute Gasteiger partial charge is 0.200 e. The van der Waals surface area contributed by atoms with Crippen LogP contribution in [0.5, 0.6) is 0 Å². The average Bonchev–Trinajstić information content (AvgIpc) is 2.75. The molecule has 0 atom stereocenters. The molecule has 1 aromatic carbocycles. The fraction of sp³-hybridized carbons (Fsp3) is 0.100. The van der Waals surface area contributed by atoms with E-state index in [4.69, 9.17) is 5.73 Å². The Morgan fingerprint density at radius 1 is 0.944 bits per heavy atom. The number of benzene rings is 1. The molecule has 0 amide bonds. The summed E-state index contributed by atoms with van der Waals surface area (Å²) in [6.45, 7) is -0.608. The first-order valence-corrected chi connectivity index (χ1v) is 4.71. The number of aromatic nitrogens is 2. The summed E-state index contributed by atoms with van der Waals surface area (Å²) in [6.07, 6.45) is 1.26. The van der Waals surface area contributed by atoms with Crippen molar-refractivity contribution < 1.29 is 22.0 Å². The second-order valence-corrected chi connectivity index (χ2v) is 3.49. The molecule has 96 valence electrons. The lowest BCUT2D eigenvalue weighted by Crippen LogP contribution is -2.11. The van der Waals surface area contributed by atoms with Crippen molar-refractivity contribution in [2.75, 3.05) is 5.73 Å². The van der Waals surface area contributed by atoms with Crippen LogP contribution in [-0.4, -0.2) is 9.78 Å². The van der Waals surface area contributed by atoms with E-state index >= 15 is 0 Å². The summed E-state index contributed by atoms with van der Waals surface area (Å²) in [5.74, 6) is -9.83. The topological polar surface area (TPSA) is 43.8 Å². The Kier molecular flexibility index (Phi) is 2.93. The van der Waals surface area contributed by atoms with Crippen LogP contribution in [0.4, 0.5) is 27.8 Å². The molecule has 1 aromatic heterocycles. The normalized spacial score (nSPS) is 10.9. The Balaban J connectivity index is 2.51. The first-order valence-electron chi connectivity index (χ1n) is 4.71. The summed E-state index contributed by atoms with van der Waals surface area (Å²) in [4.78, 5) is 0. The van der Waals surface area contributed by atoms with E-state index in [2.05, 4.69) is 5.10 Å². The Labute approximate surface area is 97.6 Å². The molecule has 0 aliphatic carbocycles. The molecule has 3 nitrogen and oxygen atoms in total. The minimum absolute atomic E-state index is 0.0684. The van der Waals surface area contributed by atoms with Gasteiger partial charge in [-0.1, -0.05) is 0 Å². The van der Waals surface area contributed by atoms with Gasteiger partial charge in [-0.05, 0) is 6.07 Å². The van der Waals surface area contributed by atoms with E-state index in [1.54, 1.807) is 0 Å². The number of anilines is 1. The number of nitrogen functional groups attached to an aromatic ring is 1. The summed E-state index contributed by atoms with van der Waals surface area (Å²) < 4.78 is 66.1. The lowest BCUT2D eigenvalue weighted by atomic mass is 10.1. The highest BCUT2D eigenvalue weighted by Gasteiger charge is 2.25. The highest BCUT2D eigenvalue weighted by molar-refractivity contribution is 5.27. The summed E-state index contributed by atoms with van der Waals surface area (Å²) >= 11 is 0. The van der Waals surface area contributed by atoms with Crippen LogP contribution in [0.1, 0.15) is 5.56 Å². The summed E-state index contributed by atoms with van der Waals surface area (Å²) in [5.41, 5.74) is 4.30. The maximum Gasteiger partial charge on any atom is 0.200 e. The van der Waals surface area contributed by atoms with Gasteiger partial charge in [0, 0.05) is 6.20 Å². The fourth-order valence-corrected chi connectivity index (χ4v) is 1.42. The largest absolute Gasteiger partial charge is 0.382 e. The van der Waals surface area contributed by atoms with Gasteiger partial charge in [-0.3, -0.25) is 4.68 Å². The standard InChI is InChI=1S/C10H6F5N3/c11-6-4(3-18-2-1-5(16)17-18)7(12)9(14)10(15)8(6)13/h1-2H,3H2,(H2,16,17). The molecule has 0 radical (unpaired) electrons. The van der Waals surface area contributed by atoms with E-state index in [9.17, 15) is 22.0 Å². The van der Waals surface area contributed by atoms with E-state index in [1.807, 2.05) is 0 Å². The molecule has 8 heteroatoms. The Morgan fingerprint density at radius 2 is 1.44 bits per heavy atom. The van der Waals surface area contributed by atoms with Gasteiger partial charge in [-0.15, -0.1) is 0 Å². The van der Waals surface area contributed by atoms with Gasteiger partial charge in [0.25, 0.3) is 0 Å². The minimum atomic E-state index is -2.19. The number of hydrogen-bond acceptors (Lipinski definition) is 2. The minimum Gasteiger partial charge on any atom is -0.382 e. The van der Waals surface area contributed by atoms with Crippen LogP contribution in [0.3, 0.4) is 0 Å². The van der Waals surface area contributed by atoms with E-state index in [0.717, 1.165) is 4.68 Å². The van der Waals surface area contributed by atoms with Crippen molar-refractivity contribution in [1.29, 1.82) is 0 Å². The van der Waals surface area contributed by atoms with Crippen LogP contribution in [0.25, 0.3) is 0 Å². The third-order valence-corrected chi connectivity index (χ3v) is 2.28. The highest BCUT2D eigenvalue weighted by atomic mass is 19.2. The first kappa shape index (κ1) is 12.3. The second kappa shape index (κ2) is 4.28. The molecule has 2 aromatic rings. The van der Waals surface area contributed by atoms with Crippen molar-refractivity contribution in [3.8, 4) is 0 Å². The van der Waals surface area contributed by atoms with Crippen molar-refractivity contribution in [2.24, 2.45) is 0 Å². The maximum atomic E-state index is 13.3. The Bertz CT molecular complexity index is 579. The van der Waals surface area contributed by atoms with Gasteiger partial charge in [0.2, 0.25) is 5.82 Å². The van der Waals surface area contributed by atoms with Gasteiger partial charge in [0.05, 0.1) is 12.1 Å². The van der Waals surface area contributed by atoms with Gasteiger partial charge >= 0.3 is 0 Å². The lowest BCUT2D eigenvalue weighted by molar-refractivity contribution is 0.367. The zero-order chi connectivity index (χ0) is 13.4. The third-order valence-electron chi connectivity index (χ3n) is 2.28. The molecule has 0 unspecified atom stereocenters. The van der Waals surface area contributed by atoms with Crippen molar-refractivity contribution in [1.82, 2.24) is 9.78 Å². The lowest BCUT2D eigenvalue weighted by Gasteiger charge is -2.08. The van der Waals surface area contributed by atoms with E-state index < -0.39 is 41.2 Å². The molecule has 1 heterocycles. The Morgan fingerprint density at radius 3 is 1.89 bits per heavy atom. The van der Waals surface area contributed by atoms with Crippen molar-refractivity contribution in [2.45, 2.75) is 6.54 Å². The fourth-order valence-electron chi connectivity index (χ4n) is 1.42. The number of halogens is 5. The number of nitrogens with two attached hydrogens (primary N) is 1. The third kappa shape index (κ3) is 1.89. The molecule has 18 heavy (non-hydrogen) atoms. The van der Waals surface area contributed by atoms with Gasteiger partial charge in [-0.2, -0.15) is 5.10 Å². The molecule has 2 rings (SSSR count). The van der Waals surface area contributed by atoms with Crippen molar-refractivity contribution in [3.63, 3.8) is 0 Å². The predicted octanol–water partition coefficient (Wildman–Crippen LogP) is 2.21. The summed E-state index contributed by atoms with van der Waals surface area (Å²) in [5, 5.41) is 3.59. The first-order chi connectivity index (χ1) is 8.41. The SMILES string of the molecule is Nc1ccn(Cc2c(F)c(F)c(F)c(F)c2F)n1. The van der Waals surface area contributed by atoms with Gasteiger partial charge in [-0.25, -0.2) is 22.0 Å². The monoisotopic (exact) mass is 263 g/mol. The predicted molar refractivity (Wildman–Crippen MR) is 52.0 cm³/mol. The number of rotatable bonds is 2. The number of nitrogens with zero attached hydrogens (tertiary/aromatic N) is 2. The molecular formula is C10H6F5N3. The van der Waals surface area contributed by atoms with E-state index in [0.29, 0.717) is 0 Å². The van der Waals surface area contributed by atoms with Crippen molar-refractivity contribution >= 4 is 5.82 Å². The van der Waals surface area contributed by atoms with E-state index in [1.165, 1.54) is 12.3 Å². The van der Waals surface area contributed by atoms with Crippen LogP contribution in [-0.2, 0) is 6.54 Å². The van der Waals surface area contributed by atoms with Crippen LogP contribution in [0.2, 0.25) is 0 Å². The Hall–Kier alpha value is -2.12. The molecule has 0 saturated carbocycles. The van der Waals surface area contributed by atoms with Gasteiger partial charge < -0.3 is 5.73 Å². The molecule has 0 aliphatic rings. The molecule has 0 bridgehead atoms. The van der Waals surface area contributed by atoms with Crippen LogP contribution >= 0.6 is 0 Å². The molecule has 0 fully saturated rings. The quantitative estimate of drug-likeness (QED) is 0.513. The molecule has 0 spiro atoms. The van der Waals surface area contributed by atoms with Crippen LogP contribution < -0.4 is 5.73 Å². The number of hydrogen-bond donors (Lipinski definition) is 1. The van der Waals surface area contributed by atoms with Crippen molar-refractivity contribution in [3.05, 3.63) is 46.9 Å². The molecule has 0 aliphatic heterocycles. The van der Waals surface area contributed by atoms with Gasteiger partial charge in [0.1, 0.15) is 5.82 Å². The maximum absolute atomic E-state index is 13.3. The van der Waals surface area contributed by atoms with E-state index in [-0.39, 0.29) is 5.82 Å².